The molecule has 1 N–H and O–H groups in total. The molecule has 0 radical (unpaired) electrons. The fraction of sp³-hybridized carbons (Fsp3) is 0.263. The molecule has 1 atom stereocenters. The first-order valence-electron chi connectivity index (χ1n) is 8.46. The molecule has 148 valence electrons. The number of nitrogens with one attached hydrogen (secondary N) is 1. The van der Waals surface area contributed by atoms with Crippen LogP contribution in [-0.2, 0) is 4.79 Å². The minimum atomic E-state index is -0.831. The van der Waals surface area contributed by atoms with Crippen molar-refractivity contribution in [2.75, 3.05) is 20.2 Å². The van der Waals surface area contributed by atoms with Crippen molar-refractivity contribution >= 4 is 17.5 Å². The molecular weight excluding hydrogens is 369 g/mol. The molecule has 0 aliphatic rings. The third kappa shape index (κ3) is 5.76. The van der Waals surface area contributed by atoms with Crippen molar-refractivity contribution in [2.45, 2.75) is 13.0 Å². The van der Waals surface area contributed by atoms with E-state index in [2.05, 4.69) is 5.32 Å². The Balaban J connectivity index is 1.85. The van der Waals surface area contributed by atoms with Gasteiger partial charge in [0.15, 0.2) is 0 Å². The van der Waals surface area contributed by atoms with Gasteiger partial charge in [-0.2, -0.15) is 0 Å². The number of hydrogen-bond acceptors (Lipinski definition) is 5. The third-order valence-electron chi connectivity index (χ3n) is 3.92. The van der Waals surface area contributed by atoms with Gasteiger partial charge in [-0.25, -0.2) is 4.39 Å². The zero-order chi connectivity index (χ0) is 20.7. The van der Waals surface area contributed by atoms with E-state index in [1.165, 1.54) is 54.3 Å². The maximum atomic E-state index is 12.8. The lowest BCUT2D eigenvalue weighted by Gasteiger charge is -2.22. The van der Waals surface area contributed by atoms with Crippen LogP contribution in [0.4, 0.5) is 10.1 Å². The number of benzene rings is 2. The Labute approximate surface area is 161 Å². The lowest BCUT2D eigenvalue weighted by atomic mass is 10.1. The van der Waals surface area contributed by atoms with E-state index in [4.69, 9.17) is 4.74 Å². The number of nitro groups is 1. The first-order chi connectivity index (χ1) is 13.3. The van der Waals surface area contributed by atoms with Crippen LogP contribution in [0.25, 0.3) is 0 Å². The minimum absolute atomic E-state index is 0.0937. The van der Waals surface area contributed by atoms with Gasteiger partial charge >= 0.3 is 0 Å². The van der Waals surface area contributed by atoms with Crippen molar-refractivity contribution in [3.8, 4) is 5.75 Å². The molecule has 2 amide bonds. The van der Waals surface area contributed by atoms with E-state index in [9.17, 15) is 24.1 Å². The highest BCUT2D eigenvalue weighted by atomic mass is 19.1. The van der Waals surface area contributed by atoms with Crippen LogP contribution >= 0.6 is 0 Å². The normalized spacial score (nSPS) is 11.4. The van der Waals surface area contributed by atoms with Gasteiger partial charge in [0.25, 0.3) is 11.6 Å². The summed E-state index contributed by atoms with van der Waals surface area (Å²) in [5.74, 6) is -0.816. The smallest absolute Gasteiger partial charge is 0.270 e. The highest BCUT2D eigenvalue weighted by molar-refractivity contribution is 5.97. The number of nitrogens with zero attached hydrogens (tertiary/aromatic N) is 2. The van der Waals surface area contributed by atoms with Gasteiger partial charge in [-0.05, 0) is 37.3 Å². The van der Waals surface area contributed by atoms with Crippen LogP contribution in [0.2, 0.25) is 0 Å². The van der Waals surface area contributed by atoms with Gasteiger partial charge in [0, 0.05) is 24.7 Å². The van der Waals surface area contributed by atoms with Gasteiger partial charge in [0.2, 0.25) is 5.91 Å². The number of carbonyl (C=O) groups excluding carboxylic acids is 2. The van der Waals surface area contributed by atoms with E-state index in [0.717, 1.165) is 6.07 Å². The summed E-state index contributed by atoms with van der Waals surface area (Å²) in [4.78, 5) is 36.2. The Morgan fingerprint density at radius 3 is 2.57 bits per heavy atom. The summed E-state index contributed by atoms with van der Waals surface area (Å²) in [6.07, 6.45) is 0. The van der Waals surface area contributed by atoms with Crippen LogP contribution < -0.4 is 10.1 Å². The second kappa shape index (κ2) is 9.45. The lowest BCUT2D eigenvalue weighted by Crippen LogP contribution is -2.46. The van der Waals surface area contributed by atoms with Crippen molar-refractivity contribution in [2.24, 2.45) is 0 Å². The molecule has 2 aromatic rings. The van der Waals surface area contributed by atoms with Crippen LogP contribution in [0.15, 0.2) is 48.5 Å². The summed E-state index contributed by atoms with van der Waals surface area (Å²) in [7, 11) is 1.56. The zero-order valence-electron chi connectivity index (χ0n) is 15.4. The second-order valence-electron chi connectivity index (χ2n) is 6.06. The number of non-ortho nitro benzene ring substituents is 1. The maximum absolute atomic E-state index is 12.8. The SMILES string of the molecule is C[C@H](NC(=O)c1cccc([N+](=O)[O-])c1)C(=O)N(C)CCOc1ccc(F)cc1. The highest BCUT2D eigenvalue weighted by Gasteiger charge is 2.21. The predicted molar refractivity (Wildman–Crippen MR) is 99.6 cm³/mol. The summed E-state index contributed by atoms with van der Waals surface area (Å²) < 4.78 is 18.3. The van der Waals surface area contributed by atoms with E-state index in [0.29, 0.717) is 5.75 Å². The highest BCUT2D eigenvalue weighted by Crippen LogP contribution is 2.13. The molecule has 2 aromatic carbocycles. The molecule has 0 aliphatic heterocycles. The number of hydrogen-bond donors (Lipinski definition) is 1. The minimum Gasteiger partial charge on any atom is -0.492 e. The van der Waals surface area contributed by atoms with Crippen molar-refractivity contribution in [3.63, 3.8) is 0 Å². The van der Waals surface area contributed by atoms with Crippen LogP contribution in [0.1, 0.15) is 17.3 Å². The second-order valence-corrected chi connectivity index (χ2v) is 6.06. The van der Waals surface area contributed by atoms with Gasteiger partial charge in [0.1, 0.15) is 24.2 Å². The van der Waals surface area contributed by atoms with E-state index in [-0.39, 0.29) is 36.1 Å². The maximum Gasteiger partial charge on any atom is 0.270 e. The standard InChI is InChI=1S/C19H20FN3O5/c1-13(21-18(24)14-4-3-5-16(12-14)23(26)27)19(25)22(2)10-11-28-17-8-6-15(20)7-9-17/h3-9,12-13H,10-11H2,1-2H3,(H,21,24)/t13-/m0/s1. The van der Waals surface area contributed by atoms with Gasteiger partial charge in [-0.1, -0.05) is 6.07 Å². The molecule has 8 nitrogen and oxygen atoms in total. The molecule has 2 rings (SSSR count). The quantitative estimate of drug-likeness (QED) is 0.552. The van der Waals surface area contributed by atoms with E-state index in [1.54, 1.807) is 7.05 Å². The van der Waals surface area contributed by atoms with Gasteiger partial charge < -0.3 is 15.0 Å². The van der Waals surface area contributed by atoms with Gasteiger partial charge in [0.05, 0.1) is 11.5 Å². The lowest BCUT2D eigenvalue weighted by molar-refractivity contribution is -0.384. The summed E-state index contributed by atoms with van der Waals surface area (Å²) in [6.45, 7) is 1.97. The Kier molecular flexibility index (Phi) is 7.02. The average Bonchev–Trinajstić information content (AvgIpc) is 2.68. The number of amides is 2. The van der Waals surface area contributed by atoms with Crippen molar-refractivity contribution in [3.05, 3.63) is 70.0 Å². The molecule has 0 unspecified atom stereocenters. The molecule has 9 heteroatoms. The number of halogens is 1. The fourth-order valence-electron chi connectivity index (χ4n) is 2.37. The number of likely N-dealkylation sites (N-methyl/N-ethyl adjacent to an activating group) is 1. The Morgan fingerprint density at radius 1 is 1.25 bits per heavy atom. The Morgan fingerprint density at radius 2 is 1.93 bits per heavy atom. The van der Waals surface area contributed by atoms with Crippen LogP contribution in [0.3, 0.4) is 0 Å². The summed E-state index contributed by atoms with van der Waals surface area (Å²) in [5, 5.41) is 13.3. The first-order valence-corrected chi connectivity index (χ1v) is 8.46. The molecule has 28 heavy (non-hydrogen) atoms. The summed E-state index contributed by atoms with van der Waals surface area (Å²) in [5.41, 5.74) is -0.113. The fourth-order valence-corrected chi connectivity index (χ4v) is 2.37. The van der Waals surface area contributed by atoms with E-state index >= 15 is 0 Å². The topological polar surface area (TPSA) is 102 Å². The Hall–Kier alpha value is -3.49. The molecule has 0 saturated carbocycles. The molecule has 0 aliphatic carbocycles. The summed E-state index contributed by atoms with van der Waals surface area (Å²) in [6, 6.07) is 9.94. The molecule has 0 aromatic heterocycles. The van der Waals surface area contributed by atoms with Crippen LogP contribution in [0.5, 0.6) is 5.75 Å². The van der Waals surface area contributed by atoms with Gasteiger partial charge in [-0.3, -0.25) is 19.7 Å². The average molecular weight is 389 g/mol. The van der Waals surface area contributed by atoms with E-state index in [1.807, 2.05) is 0 Å². The molecule has 0 fully saturated rings. The van der Waals surface area contributed by atoms with Crippen molar-refractivity contribution in [1.29, 1.82) is 0 Å². The Bertz CT molecular complexity index is 857. The summed E-state index contributed by atoms with van der Waals surface area (Å²) >= 11 is 0. The molecule has 0 spiro atoms. The zero-order valence-corrected chi connectivity index (χ0v) is 15.4. The number of nitro benzene ring substituents is 1. The number of rotatable bonds is 8. The number of carbonyl (C=O) groups is 2. The van der Waals surface area contributed by atoms with Crippen LogP contribution in [0, 0.1) is 15.9 Å². The largest absolute Gasteiger partial charge is 0.492 e. The van der Waals surface area contributed by atoms with Crippen LogP contribution in [-0.4, -0.2) is 47.9 Å². The number of ether oxygens (including phenoxy) is 1. The molecular formula is C19H20FN3O5. The van der Waals surface area contributed by atoms with Gasteiger partial charge in [-0.15, -0.1) is 0 Å². The predicted octanol–water partition coefficient (Wildman–Crippen LogP) is 2.39. The molecule has 0 heterocycles. The first kappa shape index (κ1) is 20.8. The van der Waals surface area contributed by atoms with Crippen molar-refractivity contribution < 1.29 is 23.6 Å². The molecule has 0 bridgehead atoms. The third-order valence-corrected chi connectivity index (χ3v) is 3.92. The van der Waals surface area contributed by atoms with E-state index < -0.39 is 16.9 Å². The monoisotopic (exact) mass is 389 g/mol. The van der Waals surface area contributed by atoms with Crippen molar-refractivity contribution in [1.82, 2.24) is 10.2 Å². The molecule has 0 saturated heterocycles.